The van der Waals surface area contributed by atoms with E-state index in [-0.39, 0.29) is 16.8 Å². The van der Waals surface area contributed by atoms with Gasteiger partial charge in [0.1, 0.15) is 11.4 Å². The number of aryl methyl sites for hydroxylation is 3. The number of anilines is 1. The van der Waals surface area contributed by atoms with Crippen LogP contribution in [0.5, 0.6) is 0 Å². The molecule has 0 unspecified atom stereocenters. The Labute approximate surface area is 150 Å². The maximum Gasteiger partial charge on any atom is 0.322 e. The number of nitrogens with one attached hydrogen (secondary N) is 1. The van der Waals surface area contributed by atoms with Gasteiger partial charge in [-0.2, -0.15) is 5.10 Å². The molecule has 0 bridgehead atoms. The number of hydrogen-bond acceptors (Lipinski definition) is 7. The number of carbonyl (C=O) groups excluding carboxylic acids is 1. The number of hydrogen-bond donors (Lipinski definition) is 1. The van der Waals surface area contributed by atoms with Crippen LogP contribution in [0.15, 0.2) is 39.6 Å². The first-order valence-electron chi connectivity index (χ1n) is 7.68. The molecule has 1 amide bonds. The van der Waals surface area contributed by atoms with E-state index in [2.05, 4.69) is 20.6 Å². The zero-order valence-electron chi connectivity index (χ0n) is 14.4. The van der Waals surface area contributed by atoms with Crippen LogP contribution in [0.4, 0.5) is 6.01 Å². The number of sulfone groups is 1. The van der Waals surface area contributed by atoms with Crippen LogP contribution in [0.3, 0.4) is 0 Å². The van der Waals surface area contributed by atoms with Crippen LogP contribution in [0.25, 0.3) is 11.6 Å². The second-order valence-corrected chi connectivity index (χ2v) is 7.82. The van der Waals surface area contributed by atoms with Crippen LogP contribution in [0.1, 0.15) is 11.3 Å². The van der Waals surface area contributed by atoms with Gasteiger partial charge in [-0.25, -0.2) is 8.42 Å². The minimum atomic E-state index is -3.76. The second kappa shape index (κ2) is 6.71. The molecule has 0 saturated carbocycles. The highest BCUT2D eigenvalue weighted by Crippen LogP contribution is 2.20. The quantitative estimate of drug-likeness (QED) is 0.717. The molecular formula is C16H17N5O4S. The maximum atomic E-state index is 12.3. The minimum Gasteiger partial charge on any atom is -0.401 e. The van der Waals surface area contributed by atoms with Crippen molar-refractivity contribution in [1.29, 1.82) is 0 Å². The van der Waals surface area contributed by atoms with Gasteiger partial charge in [-0.05, 0) is 32.0 Å². The Morgan fingerprint density at radius 1 is 1.19 bits per heavy atom. The van der Waals surface area contributed by atoms with Gasteiger partial charge in [0.25, 0.3) is 5.89 Å². The minimum absolute atomic E-state index is 0.0785. The molecule has 0 saturated heterocycles. The molecule has 0 aliphatic heterocycles. The molecule has 2 heterocycles. The predicted octanol–water partition coefficient (Wildman–Crippen LogP) is 1.50. The van der Waals surface area contributed by atoms with Gasteiger partial charge in [-0.3, -0.25) is 14.8 Å². The van der Waals surface area contributed by atoms with Crippen LogP contribution in [0.2, 0.25) is 0 Å². The van der Waals surface area contributed by atoms with Crippen molar-refractivity contribution < 1.29 is 17.6 Å². The van der Waals surface area contributed by atoms with Gasteiger partial charge in [0.05, 0.1) is 10.6 Å². The molecule has 0 radical (unpaired) electrons. The van der Waals surface area contributed by atoms with Gasteiger partial charge in [-0.15, -0.1) is 5.10 Å². The summed E-state index contributed by atoms with van der Waals surface area (Å²) < 4.78 is 31.5. The lowest BCUT2D eigenvalue weighted by Crippen LogP contribution is -2.23. The summed E-state index contributed by atoms with van der Waals surface area (Å²) in [7, 11) is -2.04. The van der Waals surface area contributed by atoms with E-state index in [9.17, 15) is 13.2 Å². The Morgan fingerprint density at radius 3 is 2.50 bits per heavy atom. The molecule has 9 nitrogen and oxygen atoms in total. The zero-order chi connectivity index (χ0) is 18.9. The molecule has 0 spiro atoms. The fourth-order valence-electron chi connectivity index (χ4n) is 2.34. The van der Waals surface area contributed by atoms with E-state index < -0.39 is 21.5 Å². The number of rotatable bonds is 5. The van der Waals surface area contributed by atoms with E-state index in [1.807, 2.05) is 13.8 Å². The number of carbonyl (C=O) groups is 1. The molecule has 1 N–H and O–H groups in total. The van der Waals surface area contributed by atoms with Crippen LogP contribution in [0, 0.1) is 13.8 Å². The molecule has 2 aromatic heterocycles. The molecule has 10 heteroatoms. The van der Waals surface area contributed by atoms with E-state index >= 15 is 0 Å². The van der Waals surface area contributed by atoms with Crippen molar-refractivity contribution in [3.05, 3.63) is 41.6 Å². The third-order valence-electron chi connectivity index (χ3n) is 3.59. The lowest BCUT2D eigenvalue weighted by atomic mass is 10.2. The van der Waals surface area contributed by atoms with Crippen LogP contribution < -0.4 is 5.32 Å². The Kier molecular flexibility index (Phi) is 4.60. The van der Waals surface area contributed by atoms with Gasteiger partial charge >= 0.3 is 6.01 Å². The van der Waals surface area contributed by atoms with E-state index in [0.717, 1.165) is 11.3 Å². The zero-order valence-corrected chi connectivity index (χ0v) is 15.2. The maximum absolute atomic E-state index is 12.3. The summed E-state index contributed by atoms with van der Waals surface area (Å²) in [6.45, 7) is 3.67. The van der Waals surface area contributed by atoms with Gasteiger partial charge in [0.15, 0.2) is 9.84 Å². The molecule has 1 aromatic carbocycles. The van der Waals surface area contributed by atoms with Crippen molar-refractivity contribution >= 4 is 21.8 Å². The Morgan fingerprint density at radius 2 is 1.88 bits per heavy atom. The SMILES string of the molecule is Cc1ccc(S(=O)(=O)CC(=O)Nc2nnc(-c3cc(C)nn3C)o2)cc1. The van der Waals surface area contributed by atoms with Crippen molar-refractivity contribution in [2.75, 3.05) is 11.1 Å². The number of nitrogens with zero attached hydrogens (tertiary/aromatic N) is 4. The summed E-state index contributed by atoms with van der Waals surface area (Å²) in [5, 5.41) is 14.0. The molecule has 3 rings (SSSR count). The van der Waals surface area contributed by atoms with Crippen LogP contribution >= 0.6 is 0 Å². The van der Waals surface area contributed by atoms with Crippen molar-refractivity contribution in [2.45, 2.75) is 18.7 Å². The normalized spacial score (nSPS) is 11.5. The fraction of sp³-hybridized carbons (Fsp3) is 0.250. The first-order chi connectivity index (χ1) is 12.2. The second-order valence-electron chi connectivity index (χ2n) is 5.83. The Bertz CT molecular complexity index is 1050. The smallest absolute Gasteiger partial charge is 0.322 e. The largest absolute Gasteiger partial charge is 0.401 e. The monoisotopic (exact) mass is 375 g/mol. The highest BCUT2D eigenvalue weighted by atomic mass is 32.2. The molecule has 0 atom stereocenters. The summed E-state index contributed by atoms with van der Waals surface area (Å²) in [6, 6.07) is 7.85. The summed E-state index contributed by atoms with van der Waals surface area (Å²) in [5.41, 5.74) is 2.29. The van der Waals surface area contributed by atoms with Crippen LogP contribution in [-0.2, 0) is 21.7 Å². The van der Waals surface area contributed by atoms with Gasteiger partial charge in [-0.1, -0.05) is 22.8 Å². The molecule has 0 fully saturated rings. The van der Waals surface area contributed by atoms with E-state index in [1.165, 1.54) is 12.1 Å². The highest BCUT2D eigenvalue weighted by Gasteiger charge is 2.21. The van der Waals surface area contributed by atoms with Crippen molar-refractivity contribution in [1.82, 2.24) is 20.0 Å². The molecule has 26 heavy (non-hydrogen) atoms. The van der Waals surface area contributed by atoms with Crippen molar-refractivity contribution in [3.63, 3.8) is 0 Å². The van der Waals surface area contributed by atoms with Gasteiger partial charge < -0.3 is 4.42 Å². The average molecular weight is 375 g/mol. The third-order valence-corrected chi connectivity index (χ3v) is 5.23. The van der Waals surface area contributed by atoms with Gasteiger partial charge in [0, 0.05) is 7.05 Å². The first-order valence-corrected chi connectivity index (χ1v) is 9.33. The van der Waals surface area contributed by atoms with Crippen molar-refractivity contribution in [2.24, 2.45) is 7.05 Å². The van der Waals surface area contributed by atoms with E-state index in [0.29, 0.717) is 5.69 Å². The average Bonchev–Trinajstić information content (AvgIpc) is 3.13. The summed E-state index contributed by atoms with van der Waals surface area (Å²) in [4.78, 5) is 12.1. The molecule has 0 aliphatic carbocycles. The summed E-state index contributed by atoms with van der Waals surface area (Å²) >= 11 is 0. The van der Waals surface area contributed by atoms with Crippen LogP contribution in [-0.4, -0.2) is 40.1 Å². The number of aromatic nitrogens is 4. The molecule has 3 aromatic rings. The first kappa shape index (κ1) is 17.8. The summed E-state index contributed by atoms with van der Waals surface area (Å²) in [5.74, 6) is -1.31. The standard InChI is InChI=1S/C16H17N5O4S/c1-10-4-6-12(7-5-10)26(23,24)9-14(22)17-16-19-18-15(25-16)13-8-11(2)20-21(13)3/h4-8H,9H2,1-3H3,(H,17,19,22). The number of benzene rings is 1. The predicted molar refractivity (Wildman–Crippen MR) is 93.1 cm³/mol. The highest BCUT2D eigenvalue weighted by molar-refractivity contribution is 7.92. The number of amides is 1. The molecular weight excluding hydrogens is 358 g/mol. The lowest BCUT2D eigenvalue weighted by Gasteiger charge is -2.04. The Hall–Kier alpha value is -3.01. The summed E-state index contributed by atoms with van der Waals surface area (Å²) in [6.07, 6.45) is 0. The lowest BCUT2D eigenvalue weighted by molar-refractivity contribution is -0.114. The topological polar surface area (TPSA) is 120 Å². The van der Waals surface area contributed by atoms with E-state index in [1.54, 1.807) is 29.9 Å². The van der Waals surface area contributed by atoms with E-state index in [4.69, 9.17) is 4.42 Å². The van der Waals surface area contributed by atoms with Gasteiger partial charge in [0.2, 0.25) is 5.91 Å². The van der Waals surface area contributed by atoms with Crippen molar-refractivity contribution in [3.8, 4) is 11.6 Å². The Balaban J connectivity index is 1.71. The third kappa shape index (κ3) is 3.80. The molecule has 0 aliphatic rings. The fourth-order valence-corrected chi connectivity index (χ4v) is 3.48. The molecule has 136 valence electrons.